The molecule has 0 aliphatic rings. The number of thiophene rings is 1. The SMILES string of the molecule is C=C(C)Cl.C=Cc1sc(C)cc1C. The van der Waals surface area contributed by atoms with E-state index in [0.29, 0.717) is 5.03 Å². The Bertz CT molecular complexity index is 293. The standard InChI is InChI=1S/C8H10S.C3H5Cl/c1-4-8-6(2)5-7(3)9-8;1-3(2)4/h4-5H,1H2,2-3H3;1H2,2H3. The second kappa shape index (κ2) is 6.01. The topological polar surface area (TPSA) is 0 Å². The van der Waals surface area contributed by atoms with Gasteiger partial charge in [-0.1, -0.05) is 30.8 Å². The minimum absolute atomic E-state index is 0.639. The van der Waals surface area contributed by atoms with Crippen LogP contribution in [0, 0.1) is 13.8 Å². The lowest BCUT2D eigenvalue weighted by molar-refractivity contribution is 1.50. The highest BCUT2D eigenvalue weighted by Gasteiger charge is 1.95. The van der Waals surface area contributed by atoms with Crippen molar-refractivity contribution in [1.29, 1.82) is 0 Å². The molecule has 0 bridgehead atoms. The number of allylic oxidation sites excluding steroid dienone is 1. The first-order valence-electron chi connectivity index (χ1n) is 3.98. The highest BCUT2D eigenvalue weighted by atomic mass is 35.5. The predicted octanol–water partition coefficient (Wildman–Crippen LogP) is 4.77. The van der Waals surface area contributed by atoms with Gasteiger partial charge in [-0.2, -0.15) is 0 Å². The van der Waals surface area contributed by atoms with Gasteiger partial charge in [0.2, 0.25) is 0 Å². The lowest BCUT2D eigenvalue weighted by Crippen LogP contribution is -1.63. The Labute approximate surface area is 89.6 Å². The quantitative estimate of drug-likeness (QED) is 0.632. The van der Waals surface area contributed by atoms with Gasteiger partial charge in [0.25, 0.3) is 0 Å². The fourth-order valence-corrected chi connectivity index (χ4v) is 1.75. The summed E-state index contributed by atoms with van der Waals surface area (Å²) in [5, 5.41) is 0.639. The molecule has 0 aliphatic carbocycles. The van der Waals surface area contributed by atoms with Gasteiger partial charge >= 0.3 is 0 Å². The second-order valence-electron chi connectivity index (χ2n) is 2.78. The zero-order chi connectivity index (χ0) is 10.4. The number of rotatable bonds is 1. The van der Waals surface area contributed by atoms with Crippen LogP contribution in [0.1, 0.15) is 22.2 Å². The van der Waals surface area contributed by atoms with E-state index in [2.05, 4.69) is 33.1 Å². The summed E-state index contributed by atoms with van der Waals surface area (Å²) < 4.78 is 0. The van der Waals surface area contributed by atoms with Gasteiger partial charge in [0, 0.05) is 14.8 Å². The van der Waals surface area contributed by atoms with E-state index in [-0.39, 0.29) is 0 Å². The van der Waals surface area contributed by atoms with Crippen LogP contribution in [0.25, 0.3) is 6.08 Å². The minimum Gasteiger partial charge on any atom is -0.141 e. The molecule has 0 aliphatic heterocycles. The first-order chi connectivity index (χ1) is 5.97. The molecule has 0 saturated heterocycles. The molecule has 0 nitrogen and oxygen atoms in total. The molecule has 0 radical (unpaired) electrons. The van der Waals surface area contributed by atoms with Crippen molar-refractivity contribution in [3.05, 3.63) is 39.6 Å². The molecule has 72 valence electrons. The van der Waals surface area contributed by atoms with Gasteiger partial charge in [-0.3, -0.25) is 0 Å². The summed E-state index contributed by atoms with van der Waals surface area (Å²) in [4.78, 5) is 2.66. The monoisotopic (exact) mass is 214 g/mol. The summed E-state index contributed by atoms with van der Waals surface area (Å²) >= 11 is 6.88. The summed E-state index contributed by atoms with van der Waals surface area (Å²) in [6, 6.07) is 2.18. The summed E-state index contributed by atoms with van der Waals surface area (Å²) in [6.45, 7) is 13.0. The molecule has 0 fully saturated rings. The molecule has 0 aromatic carbocycles. The lowest BCUT2D eigenvalue weighted by atomic mass is 10.3. The van der Waals surface area contributed by atoms with Crippen molar-refractivity contribution in [3.63, 3.8) is 0 Å². The van der Waals surface area contributed by atoms with E-state index in [4.69, 9.17) is 11.6 Å². The Morgan fingerprint density at radius 3 is 2.15 bits per heavy atom. The van der Waals surface area contributed by atoms with Crippen LogP contribution < -0.4 is 0 Å². The molecule has 0 N–H and O–H groups in total. The molecule has 0 atom stereocenters. The molecule has 0 amide bonds. The zero-order valence-electron chi connectivity index (χ0n) is 8.36. The largest absolute Gasteiger partial charge is 0.141 e. The molecule has 1 rings (SSSR count). The highest BCUT2D eigenvalue weighted by Crippen LogP contribution is 2.21. The molecule has 0 saturated carbocycles. The molecule has 1 heterocycles. The van der Waals surface area contributed by atoms with E-state index in [1.807, 2.05) is 6.08 Å². The Kier molecular flexibility index (Phi) is 5.76. The van der Waals surface area contributed by atoms with Crippen LogP contribution in [0.15, 0.2) is 24.3 Å². The van der Waals surface area contributed by atoms with Crippen LogP contribution in [0.4, 0.5) is 0 Å². The van der Waals surface area contributed by atoms with Crippen LogP contribution >= 0.6 is 22.9 Å². The van der Waals surface area contributed by atoms with Crippen LogP contribution in [0.5, 0.6) is 0 Å². The van der Waals surface area contributed by atoms with Crippen molar-refractivity contribution in [2.75, 3.05) is 0 Å². The number of hydrogen-bond donors (Lipinski definition) is 0. The lowest BCUT2D eigenvalue weighted by Gasteiger charge is -1.82. The Morgan fingerprint density at radius 2 is 2.00 bits per heavy atom. The van der Waals surface area contributed by atoms with E-state index in [1.165, 1.54) is 15.3 Å². The van der Waals surface area contributed by atoms with Crippen molar-refractivity contribution >= 4 is 29.0 Å². The predicted molar refractivity (Wildman–Crippen MR) is 64.6 cm³/mol. The van der Waals surface area contributed by atoms with E-state index < -0.39 is 0 Å². The zero-order valence-corrected chi connectivity index (χ0v) is 9.93. The summed E-state index contributed by atoms with van der Waals surface area (Å²) in [5.74, 6) is 0. The Balaban J connectivity index is 0.000000310. The van der Waals surface area contributed by atoms with Crippen molar-refractivity contribution in [2.45, 2.75) is 20.8 Å². The third-order valence-corrected chi connectivity index (χ3v) is 2.41. The Morgan fingerprint density at radius 1 is 1.54 bits per heavy atom. The maximum absolute atomic E-state index is 5.08. The van der Waals surface area contributed by atoms with E-state index in [9.17, 15) is 0 Å². The number of aryl methyl sites for hydroxylation is 2. The fourth-order valence-electron chi connectivity index (χ4n) is 0.862. The van der Waals surface area contributed by atoms with Crippen molar-refractivity contribution in [3.8, 4) is 0 Å². The normalized spacial score (nSPS) is 8.62. The smallest absolute Gasteiger partial charge is 0.0296 e. The Hall–Kier alpha value is -0.530. The first kappa shape index (κ1) is 12.5. The molecular weight excluding hydrogens is 200 g/mol. The molecule has 13 heavy (non-hydrogen) atoms. The van der Waals surface area contributed by atoms with Gasteiger partial charge in [0.1, 0.15) is 0 Å². The van der Waals surface area contributed by atoms with Crippen molar-refractivity contribution in [2.24, 2.45) is 0 Å². The summed E-state index contributed by atoms with van der Waals surface area (Å²) in [5.41, 5.74) is 1.34. The van der Waals surface area contributed by atoms with Gasteiger partial charge in [0.05, 0.1) is 0 Å². The number of halogens is 1. The second-order valence-corrected chi connectivity index (χ2v) is 4.72. The fraction of sp³-hybridized carbons (Fsp3) is 0.273. The molecule has 1 aromatic heterocycles. The van der Waals surface area contributed by atoms with Crippen LogP contribution in [0.3, 0.4) is 0 Å². The van der Waals surface area contributed by atoms with E-state index >= 15 is 0 Å². The van der Waals surface area contributed by atoms with Gasteiger partial charge in [-0.05, 0) is 32.4 Å². The van der Waals surface area contributed by atoms with Crippen LogP contribution in [-0.4, -0.2) is 0 Å². The molecule has 0 spiro atoms. The van der Waals surface area contributed by atoms with Gasteiger partial charge in [0.15, 0.2) is 0 Å². The number of hydrogen-bond acceptors (Lipinski definition) is 1. The van der Waals surface area contributed by atoms with Crippen LogP contribution in [0.2, 0.25) is 0 Å². The average molecular weight is 215 g/mol. The summed E-state index contributed by atoms with van der Waals surface area (Å²) in [7, 11) is 0. The van der Waals surface area contributed by atoms with Crippen molar-refractivity contribution < 1.29 is 0 Å². The minimum atomic E-state index is 0.639. The van der Waals surface area contributed by atoms with Crippen LogP contribution in [-0.2, 0) is 0 Å². The third-order valence-electron chi connectivity index (χ3n) is 1.26. The van der Waals surface area contributed by atoms with Gasteiger partial charge < -0.3 is 0 Å². The van der Waals surface area contributed by atoms with Gasteiger partial charge in [-0.25, -0.2) is 0 Å². The maximum Gasteiger partial charge on any atom is 0.0296 e. The molecule has 2 heteroatoms. The maximum atomic E-state index is 5.08. The van der Waals surface area contributed by atoms with E-state index in [0.717, 1.165) is 0 Å². The van der Waals surface area contributed by atoms with Gasteiger partial charge in [-0.15, -0.1) is 11.3 Å². The summed E-state index contributed by atoms with van der Waals surface area (Å²) in [6.07, 6.45) is 1.91. The van der Waals surface area contributed by atoms with Crippen molar-refractivity contribution in [1.82, 2.24) is 0 Å². The molecule has 0 unspecified atom stereocenters. The first-order valence-corrected chi connectivity index (χ1v) is 5.17. The van der Waals surface area contributed by atoms with E-state index in [1.54, 1.807) is 18.3 Å². The average Bonchev–Trinajstić information content (AvgIpc) is 2.28. The highest BCUT2D eigenvalue weighted by molar-refractivity contribution is 7.13. The third kappa shape index (κ3) is 5.67. The molecule has 1 aromatic rings. The molecular formula is C11H15ClS.